The van der Waals surface area contributed by atoms with Gasteiger partial charge in [0.1, 0.15) is 0 Å². The maximum atomic E-state index is 4.98. The lowest BCUT2D eigenvalue weighted by atomic mass is 10.1. The molecule has 2 N–H and O–H groups in total. The fourth-order valence-corrected chi connectivity index (χ4v) is 2.06. The van der Waals surface area contributed by atoms with Gasteiger partial charge in [-0.25, -0.2) is 0 Å². The third kappa shape index (κ3) is 4.63. The van der Waals surface area contributed by atoms with Gasteiger partial charge in [-0.1, -0.05) is 36.4 Å². The molecule has 0 radical (unpaired) electrons. The molecule has 0 bridgehead atoms. The highest BCUT2D eigenvalue weighted by molar-refractivity contribution is 5.82. The van der Waals surface area contributed by atoms with E-state index in [4.69, 9.17) is 4.74 Å². The Kier molecular flexibility index (Phi) is 5.82. The van der Waals surface area contributed by atoms with Crippen LogP contribution in [0.1, 0.15) is 5.56 Å². The molecule has 2 aromatic rings. The second-order valence-corrected chi connectivity index (χ2v) is 4.60. The number of methoxy groups -OCH3 is 1. The van der Waals surface area contributed by atoms with Crippen LogP contribution >= 0.6 is 0 Å². The molecule has 102 valence electrons. The lowest BCUT2D eigenvalue weighted by molar-refractivity contribution is 0.199. The minimum atomic E-state index is 0.769. The molecule has 2 rings (SSSR count). The lowest BCUT2D eigenvalue weighted by Gasteiger charge is -2.07. The second kappa shape index (κ2) is 7.89. The molecule has 3 nitrogen and oxygen atoms in total. The highest BCUT2D eigenvalue weighted by Crippen LogP contribution is 2.15. The minimum absolute atomic E-state index is 0.769. The third-order valence-electron chi connectivity index (χ3n) is 3.10. The van der Waals surface area contributed by atoms with E-state index in [1.54, 1.807) is 7.11 Å². The van der Waals surface area contributed by atoms with Crippen molar-refractivity contribution in [3.8, 4) is 0 Å². The van der Waals surface area contributed by atoms with Gasteiger partial charge in [0.2, 0.25) is 0 Å². The molecule has 0 heterocycles. The van der Waals surface area contributed by atoms with Gasteiger partial charge in [0.25, 0.3) is 0 Å². The molecule has 0 aromatic heterocycles. The molecule has 0 saturated heterocycles. The van der Waals surface area contributed by atoms with Crippen molar-refractivity contribution in [2.75, 3.05) is 33.4 Å². The number of hydrogen-bond acceptors (Lipinski definition) is 3. The van der Waals surface area contributed by atoms with Crippen LogP contribution in [0.15, 0.2) is 42.5 Å². The average Bonchev–Trinajstić information content (AvgIpc) is 2.46. The molecule has 19 heavy (non-hydrogen) atoms. The van der Waals surface area contributed by atoms with Crippen LogP contribution in [-0.4, -0.2) is 33.4 Å². The Morgan fingerprint density at radius 1 is 0.895 bits per heavy atom. The zero-order chi connectivity index (χ0) is 13.3. The van der Waals surface area contributed by atoms with E-state index >= 15 is 0 Å². The smallest absolute Gasteiger partial charge is 0.0587 e. The Morgan fingerprint density at radius 3 is 2.53 bits per heavy atom. The van der Waals surface area contributed by atoms with Gasteiger partial charge in [0.15, 0.2) is 0 Å². The first-order valence-electron chi connectivity index (χ1n) is 6.78. The minimum Gasteiger partial charge on any atom is -0.383 e. The van der Waals surface area contributed by atoms with Crippen molar-refractivity contribution in [2.45, 2.75) is 6.54 Å². The van der Waals surface area contributed by atoms with Crippen LogP contribution in [0.5, 0.6) is 0 Å². The third-order valence-corrected chi connectivity index (χ3v) is 3.10. The van der Waals surface area contributed by atoms with Crippen molar-refractivity contribution in [1.82, 2.24) is 10.6 Å². The van der Waals surface area contributed by atoms with E-state index in [9.17, 15) is 0 Å². The molecule has 0 aliphatic heterocycles. The summed E-state index contributed by atoms with van der Waals surface area (Å²) in [6.45, 7) is 4.53. The van der Waals surface area contributed by atoms with Crippen LogP contribution in [0.3, 0.4) is 0 Å². The summed E-state index contributed by atoms with van der Waals surface area (Å²) in [5, 5.41) is 9.36. The van der Waals surface area contributed by atoms with E-state index in [1.165, 1.54) is 16.3 Å². The summed E-state index contributed by atoms with van der Waals surface area (Å²) >= 11 is 0. The summed E-state index contributed by atoms with van der Waals surface area (Å²) in [7, 11) is 1.72. The van der Waals surface area contributed by atoms with Gasteiger partial charge in [0.05, 0.1) is 6.61 Å². The Morgan fingerprint density at radius 2 is 1.68 bits per heavy atom. The van der Waals surface area contributed by atoms with Crippen molar-refractivity contribution in [1.29, 1.82) is 0 Å². The predicted octanol–water partition coefficient (Wildman–Crippen LogP) is 2.17. The van der Waals surface area contributed by atoms with Crippen LogP contribution in [0.2, 0.25) is 0 Å². The molecule has 0 amide bonds. The number of benzene rings is 2. The van der Waals surface area contributed by atoms with E-state index in [0.29, 0.717) is 0 Å². The van der Waals surface area contributed by atoms with Gasteiger partial charge in [-0.05, 0) is 22.4 Å². The summed E-state index contributed by atoms with van der Waals surface area (Å²) in [4.78, 5) is 0. The van der Waals surface area contributed by atoms with E-state index in [-0.39, 0.29) is 0 Å². The van der Waals surface area contributed by atoms with E-state index < -0.39 is 0 Å². The van der Waals surface area contributed by atoms with E-state index in [2.05, 4.69) is 53.1 Å². The SMILES string of the molecule is COCCNCCNCc1ccc2ccccc2c1. The molecule has 2 aromatic carbocycles. The maximum absolute atomic E-state index is 4.98. The molecule has 0 atom stereocenters. The lowest BCUT2D eigenvalue weighted by Crippen LogP contribution is -2.29. The second-order valence-electron chi connectivity index (χ2n) is 4.60. The summed E-state index contributed by atoms with van der Waals surface area (Å²) in [6, 6.07) is 15.1. The van der Waals surface area contributed by atoms with Crippen molar-refractivity contribution in [2.24, 2.45) is 0 Å². The van der Waals surface area contributed by atoms with Crippen LogP contribution in [0.25, 0.3) is 10.8 Å². The number of ether oxygens (including phenoxy) is 1. The summed E-state index contributed by atoms with van der Waals surface area (Å²) in [5.41, 5.74) is 1.33. The topological polar surface area (TPSA) is 33.3 Å². The van der Waals surface area contributed by atoms with Gasteiger partial charge in [0, 0.05) is 33.3 Å². The largest absolute Gasteiger partial charge is 0.383 e. The molecule has 0 fully saturated rings. The first-order chi connectivity index (χ1) is 9.40. The molecule has 0 aliphatic carbocycles. The number of nitrogens with one attached hydrogen (secondary N) is 2. The van der Waals surface area contributed by atoms with Crippen molar-refractivity contribution < 1.29 is 4.74 Å². The zero-order valence-corrected chi connectivity index (χ0v) is 11.5. The Labute approximate surface area is 115 Å². The van der Waals surface area contributed by atoms with Crippen molar-refractivity contribution >= 4 is 10.8 Å². The van der Waals surface area contributed by atoms with Gasteiger partial charge < -0.3 is 15.4 Å². The molecule has 0 spiro atoms. The summed E-state index contributed by atoms with van der Waals surface area (Å²) in [6.07, 6.45) is 0. The van der Waals surface area contributed by atoms with E-state index in [0.717, 1.165) is 32.8 Å². The van der Waals surface area contributed by atoms with Crippen LogP contribution < -0.4 is 10.6 Å². The number of rotatable bonds is 8. The Bertz CT molecular complexity index is 499. The molecule has 3 heteroatoms. The van der Waals surface area contributed by atoms with Crippen LogP contribution in [-0.2, 0) is 11.3 Å². The standard InChI is InChI=1S/C16H22N2O/c1-19-11-10-17-8-9-18-13-14-6-7-15-4-2-3-5-16(15)12-14/h2-7,12,17-18H,8-11,13H2,1H3. The monoisotopic (exact) mass is 258 g/mol. The number of fused-ring (bicyclic) bond motifs is 1. The summed E-state index contributed by atoms with van der Waals surface area (Å²) < 4.78 is 4.98. The maximum Gasteiger partial charge on any atom is 0.0587 e. The fraction of sp³-hybridized carbons (Fsp3) is 0.375. The van der Waals surface area contributed by atoms with Crippen LogP contribution in [0, 0.1) is 0 Å². The predicted molar refractivity (Wildman–Crippen MR) is 80.4 cm³/mol. The molecular weight excluding hydrogens is 236 g/mol. The normalized spacial score (nSPS) is 11.0. The Balaban J connectivity index is 1.72. The molecule has 0 unspecified atom stereocenters. The van der Waals surface area contributed by atoms with Crippen molar-refractivity contribution in [3.05, 3.63) is 48.0 Å². The van der Waals surface area contributed by atoms with Gasteiger partial charge in [-0.15, -0.1) is 0 Å². The average molecular weight is 258 g/mol. The first kappa shape index (κ1) is 14.0. The Hall–Kier alpha value is -1.42. The van der Waals surface area contributed by atoms with Crippen molar-refractivity contribution in [3.63, 3.8) is 0 Å². The van der Waals surface area contributed by atoms with Crippen LogP contribution in [0.4, 0.5) is 0 Å². The first-order valence-corrected chi connectivity index (χ1v) is 6.78. The fourth-order valence-electron chi connectivity index (χ4n) is 2.06. The molecular formula is C16H22N2O. The number of hydrogen-bond donors (Lipinski definition) is 2. The van der Waals surface area contributed by atoms with E-state index in [1.807, 2.05) is 0 Å². The summed E-state index contributed by atoms with van der Waals surface area (Å²) in [5.74, 6) is 0. The molecule has 0 saturated carbocycles. The van der Waals surface area contributed by atoms with Gasteiger partial charge in [-0.3, -0.25) is 0 Å². The van der Waals surface area contributed by atoms with Gasteiger partial charge >= 0.3 is 0 Å². The van der Waals surface area contributed by atoms with Gasteiger partial charge in [-0.2, -0.15) is 0 Å². The molecule has 0 aliphatic rings. The zero-order valence-electron chi connectivity index (χ0n) is 11.5. The quantitative estimate of drug-likeness (QED) is 0.712. The highest BCUT2D eigenvalue weighted by Gasteiger charge is 1.96. The highest BCUT2D eigenvalue weighted by atomic mass is 16.5.